The minimum atomic E-state index is -0.793. The van der Waals surface area contributed by atoms with E-state index in [-0.39, 0.29) is 0 Å². The van der Waals surface area contributed by atoms with E-state index in [9.17, 15) is 4.79 Å². The summed E-state index contributed by atoms with van der Waals surface area (Å²) in [6.45, 7) is 4.64. The van der Waals surface area contributed by atoms with Crippen LogP contribution < -0.4 is 5.32 Å². The van der Waals surface area contributed by atoms with Crippen LogP contribution in [0.5, 0.6) is 0 Å². The second-order valence-corrected chi connectivity index (χ2v) is 6.12. The van der Waals surface area contributed by atoms with Crippen molar-refractivity contribution in [3.63, 3.8) is 0 Å². The molecule has 0 aliphatic rings. The van der Waals surface area contributed by atoms with Gasteiger partial charge in [-0.3, -0.25) is 4.79 Å². The quantitative estimate of drug-likeness (QED) is 0.783. The van der Waals surface area contributed by atoms with Gasteiger partial charge in [0.2, 0.25) is 0 Å². The predicted octanol–water partition coefficient (Wildman–Crippen LogP) is 3.37. The molecule has 1 unspecified atom stereocenters. The highest BCUT2D eigenvalue weighted by molar-refractivity contribution is 7.09. The molecule has 0 radical (unpaired) electrons. The minimum Gasteiger partial charge on any atom is -0.480 e. The number of carboxylic acids is 1. The standard InChI is InChI=1S/C17H22N2O2S/c1-3-12-5-7-13(8-6-12)15-11-22-16(19-15)9-10-18-14(4-2)17(20)21/h5-8,11,14,18H,3-4,9-10H2,1-2H3,(H,20,21). The smallest absolute Gasteiger partial charge is 0.320 e. The molecule has 118 valence electrons. The van der Waals surface area contributed by atoms with E-state index in [4.69, 9.17) is 5.11 Å². The van der Waals surface area contributed by atoms with Gasteiger partial charge in [0.15, 0.2) is 0 Å². The fourth-order valence-corrected chi connectivity index (χ4v) is 3.04. The third kappa shape index (κ3) is 4.39. The number of carboxylic acid groups (broad SMARTS) is 1. The lowest BCUT2D eigenvalue weighted by Gasteiger charge is -2.10. The molecule has 0 fully saturated rings. The number of hydrogen-bond donors (Lipinski definition) is 2. The Kier molecular flexibility index (Phi) is 6.10. The molecule has 2 N–H and O–H groups in total. The Balaban J connectivity index is 1.92. The predicted molar refractivity (Wildman–Crippen MR) is 90.3 cm³/mol. The monoisotopic (exact) mass is 318 g/mol. The van der Waals surface area contributed by atoms with Gasteiger partial charge in [-0.15, -0.1) is 11.3 Å². The first-order valence-electron chi connectivity index (χ1n) is 7.64. The third-order valence-electron chi connectivity index (χ3n) is 3.65. The maximum Gasteiger partial charge on any atom is 0.320 e. The largest absolute Gasteiger partial charge is 0.480 e. The first kappa shape index (κ1) is 16.6. The van der Waals surface area contributed by atoms with Crippen LogP contribution in [0.3, 0.4) is 0 Å². The lowest BCUT2D eigenvalue weighted by Crippen LogP contribution is -2.37. The Morgan fingerprint density at radius 1 is 1.32 bits per heavy atom. The first-order valence-corrected chi connectivity index (χ1v) is 8.51. The van der Waals surface area contributed by atoms with Gasteiger partial charge in [-0.05, 0) is 18.4 Å². The minimum absolute atomic E-state index is 0.471. The van der Waals surface area contributed by atoms with Crippen molar-refractivity contribution in [1.82, 2.24) is 10.3 Å². The number of benzene rings is 1. The van der Waals surface area contributed by atoms with Crippen molar-refractivity contribution in [2.45, 2.75) is 39.2 Å². The Morgan fingerprint density at radius 3 is 2.64 bits per heavy atom. The zero-order valence-electron chi connectivity index (χ0n) is 13.0. The van der Waals surface area contributed by atoms with E-state index in [0.29, 0.717) is 13.0 Å². The topological polar surface area (TPSA) is 62.2 Å². The molecule has 22 heavy (non-hydrogen) atoms. The third-order valence-corrected chi connectivity index (χ3v) is 4.55. The van der Waals surface area contributed by atoms with Gasteiger partial charge < -0.3 is 10.4 Å². The molecule has 0 saturated carbocycles. The van der Waals surface area contributed by atoms with Gasteiger partial charge >= 0.3 is 5.97 Å². The molecule has 1 heterocycles. The summed E-state index contributed by atoms with van der Waals surface area (Å²) in [6, 6.07) is 8.01. The highest BCUT2D eigenvalue weighted by atomic mass is 32.1. The average molecular weight is 318 g/mol. The summed E-state index contributed by atoms with van der Waals surface area (Å²) in [5.41, 5.74) is 3.44. The van der Waals surface area contributed by atoms with Crippen molar-refractivity contribution in [1.29, 1.82) is 0 Å². The number of aryl methyl sites for hydroxylation is 1. The zero-order valence-corrected chi connectivity index (χ0v) is 13.8. The van der Waals surface area contributed by atoms with Gasteiger partial charge in [0.25, 0.3) is 0 Å². The number of thiazole rings is 1. The number of nitrogens with one attached hydrogen (secondary N) is 1. The van der Waals surface area contributed by atoms with Crippen molar-refractivity contribution in [3.05, 3.63) is 40.2 Å². The van der Waals surface area contributed by atoms with Crippen LogP contribution >= 0.6 is 11.3 Å². The van der Waals surface area contributed by atoms with Crippen LogP contribution in [-0.2, 0) is 17.6 Å². The highest BCUT2D eigenvalue weighted by Crippen LogP contribution is 2.22. The highest BCUT2D eigenvalue weighted by Gasteiger charge is 2.13. The Bertz CT molecular complexity index is 607. The van der Waals surface area contributed by atoms with Crippen molar-refractivity contribution in [3.8, 4) is 11.3 Å². The van der Waals surface area contributed by atoms with E-state index in [1.165, 1.54) is 5.56 Å². The van der Waals surface area contributed by atoms with Gasteiger partial charge in [0.1, 0.15) is 6.04 Å². The van der Waals surface area contributed by atoms with Crippen LogP contribution in [-0.4, -0.2) is 28.6 Å². The van der Waals surface area contributed by atoms with E-state index in [0.717, 1.165) is 29.1 Å². The molecule has 0 spiro atoms. The molecule has 0 amide bonds. The van der Waals surface area contributed by atoms with Crippen LogP contribution in [0.25, 0.3) is 11.3 Å². The summed E-state index contributed by atoms with van der Waals surface area (Å²) in [4.78, 5) is 15.6. The van der Waals surface area contributed by atoms with Gasteiger partial charge in [-0.2, -0.15) is 0 Å². The summed E-state index contributed by atoms with van der Waals surface area (Å²) in [5, 5.41) is 15.1. The molecule has 0 saturated heterocycles. The summed E-state index contributed by atoms with van der Waals surface area (Å²) in [7, 11) is 0. The Hall–Kier alpha value is -1.72. The summed E-state index contributed by atoms with van der Waals surface area (Å²) in [5.74, 6) is -0.793. The Labute approximate surface area is 135 Å². The van der Waals surface area contributed by atoms with Crippen LogP contribution in [0.15, 0.2) is 29.6 Å². The van der Waals surface area contributed by atoms with Gasteiger partial charge in [-0.25, -0.2) is 4.98 Å². The van der Waals surface area contributed by atoms with Crippen LogP contribution in [0.4, 0.5) is 0 Å². The second-order valence-electron chi connectivity index (χ2n) is 5.18. The fourth-order valence-electron chi connectivity index (χ4n) is 2.23. The van der Waals surface area contributed by atoms with Crippen LogP contribution in [0.2, 0.25) is 0 Å². The molecule has 0 bridgehead atoms. The van der Waals surface area contributed by atoms with E-state index in [2.05, 4.69) is 46.9 Å². The SMILES string of the molecule is CCc1ccc(-c2csc(CCNC(CC)C(=O)O)n2)cc1. The van der Waals surface area contributed by atoms with Crippen LogP contribution in [0, 0.1) is 0 Å². The molecule has 0 aliphatic heterocycles. The number of nitrogens with zero attached hydrogens (tertiary/aromatic N) is 1. The summed E-state index contributed by atoms with van der Waals surface area (Å²) < 4.78 is 0. The molecule has 2 aromatic rings. The zero-order chi connectivity index (χ0) is 15.9. The molecule has 1 atom stereocenters. The van der Waals surface area contributed by atoms with Crippen molar-refractivity contribution in [2.24, 2.45) is 0 Å². The summed E-state index contributed by atoms with van der Waals surface area (Å²) >= 11 is 1.62. The maximum absolute atomic E-state index is 10.9. The number of hydrogen-bond acceptors (Lipinski definition) is 4. The molecule has 1 aromatic carbocycles. The van der Waals surface area contributed by atoms with Crippen molar-refractivity contribution >= 4 is 17.3 Å². The normalized spacial score (nSPS) is 12.3. The molecule has 0 aliphatic carbocycles. The van der Waals surface area contributed by atoms with Crippen molar-refractivity contribution in [2.75, 3.05) is 6.54 Å². The van der Waals surface area contributed by atoms with Gasteiger partial charge in [0.05, 0.1) is 10.7 Å². The Morgan fingerprint density at radius 2 is 2.05 bits per heavy atom. The molecular weight excluding hydrogens is 296 g/mol. The molecule has 5 heteroatoms. The second kappa shape index (κ2) is 8.06. The van der Waals surface area contributed by atoms with E-state index in [1.54, 1.807) is 11.3 Å². The average Bonchev–Trinajstić information content (AvgIpc) is 3.00. The fraction of sp³-hybridized carbons (Fsp3) is 0.412. The maximum atomic E-state index is 10.9. The lowest BCUT2D eigenvalue weighted by molar-refractivity contribution is -0.139. The van der Waals surface area contributed by atoms with E-state index in [1.807, 2.05) is 6.92 Å². The van der Waals surface area contributed by atoms with E-state index < -0.39 is 12.0 Å². The number of carbonyl (C=O) groups is 1. The number of aliphatic carboxylic acids is 1. The van der Waals surface area contributed by atoms with Gasteiger partial charge in [0, 0.05) is 23.9 Å². The molecule has 4 nitrogen and oxygen atoms in total. The molecule has 2 rings (SSSR count). The van der Waals surface area contributed by atoms with Gasteiger partial charge in [-0.1, -0.05) is 38.1 Å². The summed E-state index contributed by atoms with van der Waals surface area (Å²) in [6.07, 6.45) is 2.38. The van der Waals surface area contributed by atoms with E-state index >= 15 is 0 Å². The number of rotatable bonds is 8. The molecular formula is C17H22N2O2S. The number of aromatic nitrogens is 1. The van der Waals surface area contributed by atoms with Crippen LogP contribution in [0.1, 0.15) is 30.8 Å². The van der Waals surface area contributed by atoms with Crippen molar-refractivity contribution < 1.29 is 9.90 Å². The molecule has 1 aromatic heterocycles. The first-order chi connectivity index (χ1) is 10.6. The lowest BCUT2D eigenvalue weighted by atomic mass is 10.1.